The third kappa shape index (κ3) is 4.48. The monoisotopic (exact) mass is 810 g/mol. The number of nitrogens with zero attached hydrogens (tertiary/aromatic N) is 2. The van der Waals surface area contributed by atoms with Crippen LogP contribution in [0.25, 0.3) is 0 Å². The Balaban J connectivity index is 1.35. The number of amides is 4. The van der Waals surface area contributed by atoms with E-state index in [-0.39, 0.29) is 35.8 Å². The Labute approximate surface area is 282 Å². The van der Waals surface area contributed by atoms with Crippen LogP contribution in [0.2, 0.25) is 0 Å². The van der Waals surface area contributed by atoms with Crippen molar-refractivity contribution in [1.82, 2.24) is 0 Å². The molecule has 2 aliphatic carbocycles. The Morgan fingerprint density at radius 1 is 0.750 bits per heavy atom. The van der Waals surface area contributed by atoms with E-state index in [2.05, 4.69) is 51.8 Å². The molecule has 0 unspecified atom stereocenters. The molecule has 222 valence electrons. The number of aromatic hydroxyl groups is 1. The van der Waals surface area contributed by atoms with Gasteiger partial charge in [-0.1, -0.05) is 35.9 Å². The molecule has 3 fully saturated rings. The van der Waals surface area contributed by atoms with Gasteiger partial charge in [0.15, 0.2) is 0 Å². The Hall–Kier alpha value is -3.32. The fourth-order valence-corrected chi connectivity index (χ4v) is 8.53. The van der Waals surface area contributed by atoms with E-state index >= 15 is 0 Å². The average Bonchev–Trinajstić information content (AvgIpc) is 3.42. The minimum absolute atomic E-state index is 0.0714. The van der Waals surface area contributed by atoms with Crippen molar-refractivity contribution in [2.45, 2.75) is 25.2 Å². The summed E-state index contributed by atoms with van der Waals surface area (Å²) in [6.45, 7) is 3.82. The summed E-state index contributed by atoms with van der Waals surface area (Å²) in [5.74, 6) is -4.75. The zero-order chi connectivity index (χ0) is 30.9. The number of hydrogen-bond donors (Lipinski definition) is 1. The Bertz CT molecular complexity index is 1770. The van der Waals surface area contributed by atoms with Gasteiger partial charge in [-0.15, -0.1) is 6.58 Å². The maximum atomic E-state index is 14.3. The fourth-order valence-electron chi connectivity index (χ4n) is 7.81. The van der Waals surface area contributed by atoms with Gasteiger partial charge < -0.3 is 5.11 Å². The molecule has 1 N–H and O–H groups in total. The van der Waals surface area contributed by atoms with E-state index in [4.69, 9.17) is 0 Å². The van der Waals surface area contributed by atoms with Crippen LogP contribution in [0.5, 0.6) is 5.75 Å². The average molecular weight is 810 g/mol. The van der Waals surface area contributed by atoms with Gasteiger partial charge in [0.2, 0.25) is 23.6 Å². The van der Waals surface area contributed by atoms with Crippen LogP contribution in [0, 0.1) is 36.7 Å². The number of phenols is 1. The molecule has 2 saturated heterocycles. The topological polar surface area (TPSA) is 95.0 Å². The third-order valence-electron chi connectivity index (χ3n) is 9.67. The first kappa shape index (κ1) is 29.4. The molecule has 9 heteroatoms. The molecule has 0 bridgehead atoms. The van der Waals surface area contributed by atoms with Gasteiger partial charge in [0.25, 0.3) is 0 Å². The molecule has 3 aromatic carbocycles. The molecule has 3 aromatic rings. The lowest BCUT2D eigenvalue weighted by molar-refractivity contribution is -0.126. The van der Waals surface area contributed by atoms with Gasteiger partial charge in [-0.2, -0.15) is 0 Å². The number of carbonyl (C=O) groups excluding carboxylic acids is 4. The Kier molecular flexibility index (Phi) is 7.51. The summed E-state index contributed by atoms with van der Waals surface area (Å²) in [5.41, 5.74) is 3.13. The number of halogens is 2. The second kappa shape index (κ2) is 11.2. The largest absolute Gasteiger partial charge is 0.507 e. The number of allylic oxidation sites excluding steroid dienone is 3. The summed E-state index contributed by atoms with van der Waals surface area (Å²) in [6, 6.07) is 20.0. The van der Waals surface area contributed by atoms with E-state index in [0.29, 0.717) is 35.3 Å². The van der Waals surface area contributed by atoms with Crippen LogP contribution in [0.1, 0.15) is 29.9 Å². The second-order valence-electron chi connectivity index (χ2n) is 11.8. The smallest absolute Gasteiger partial charge is 0.238 e. The van der Waals surface area contributed by atoms with E-state index < -0.39 is 35.5 Å². The highest BCUT2D eigenvalue weighted by molar-refractivity contribution is 14.1. The number of phenolic OH excluding ortho intramolecular Hbond substituents is 1. The highest BCUT2D eigenvalue weighted by Crippen LogP contribution is 2.59. The molecule has 0 spiro atoms. The molecular formula is C35H28I2N2O5. The lowest BCUT2D eigenvalue weighted by Crippen LogP contribution is -2.43. The van der Waals surface area contributed by atoms with Crippen LogP contribution in [0.15, 0.2) is 91.0 Å². The summed E-state index contributed by atoms with van der Waals surface area (Å²) >= 11 is 4.36. The molecule has 4 aliphatic rings. The van der Waals surface area contributed by atoms with Gasteiger partial charge in [0.05, 0.1) is 35.0 Å². The molecule has 2 heterocycles. The lowest BCUT2D eigenvalue weighted by atomic mass is 9.57. The van der Waals surface area contributed by atoms with Crippen molar-refractivity contribution in [2.75, 3.05) is 9.80 Å². The van der Waals surface area contributed by atoms with Crippen LogP contribution >= 0.6 is 45.2 Å². The van der Waals surface area contributed by atoms with E-state index in [1.807, 2.05) is 48.5 Å². The molecule has 7 rings (SSSR count). The number of fused-ring (bicyclic) bond motifs is 4. The maximum absolute atomic E-state index is 14.3. The van der Waals surface area contributed by atoms with E-state index in [9.17, 15) is 24.3 Å². The molecule has 44 heavy (non-hydrogen) atoms. The number of para-hydroxylation sites is 1. The van der Waals surface area contributed by atoms with E-state index in [1.54, 1.807) is 30.3 Å². The van der Waals surface area contributed by atoms with Crippen molar-refractivity contribution in [3.05, 3.63) is 109 Å². The minimum Gasteiger partial charge on any atom is -0.507 e. The van der Waals surface area contributed by atoms with Gasteiger partial charge in [0, 0.05) is 18.6 Å². The van der Waals surface area contributed by atoms with Crippen LogP contribution < -0.4 is 9.80 Å². The normalized spacial score (nSPS) is 27.6. The summed E-state index contributed by atoms with van der Waals surface area (Å²) in [5, 5.41) is 11.5. The molecule has 2 aliphatic heterocycles. The van der Waals surface area contributed by atoms with E-state index in [0.717, 1.165) is 12.7 Å². The molecule has 4 amide bonds. The number of rotatable bonds is 5. The zero-order valence-electron chi connectivity index (χ0n) is 23.5. The first-order chi connectivity index (χ1) is 21.2. The number of benzene rings is 3. The van der Waals surface area contributed by atoms with Crippen LogP contribution in [-0.2, 0) is 25.6 Å². The third-order valence-corrected chi connectivity index (χ3v) is 11.1. The molecule has 1 saturated carbocycles. The van der Waals surface area contributed by atoms with Gasteiger partial charge >= 0.3 is 0 Å². The zero-order valence-corrected chi connectivity index (χ0v) is 27.8. The van der Waals surface area contributed by atoms with Crippen LogP contribution in [0.3, 0.4) is 0 Å². The number of hydrogen-bond acceptors (Lipinski definition) is 5. The number of imide groups is 2. The molecule has 0 aromatic heterocycles. The van der Waals surface area contributed by atoms with Crippen molar-refractivity contribution in [3.8, 4) is 5.75 Å². The predicted octanol–water partition coefficient (Wildman–Crippen LogP) is 6.38. The van der Waals surface area contributed by atoms with Crippen molar-refractivity contribution >= 4 is 80.2 Å². The first-order valence-electron chi connectivity index (χ1n) is 14.6. The van der Waals surface area contributed by atoms with Gasteiger partial charge in [0.1, 0.15) is 5.75 Å². The van der Waals surface area contributed by atoms with Crippen LogP contribution in [0.4, 0.5) is 11.4 Å². The highest BCUT2D eigenvalue weighted by Gasteiger charge is 2.62. The van der Waals surface area contributed by atoms with Gasteiger partial charge in [-0.05, 0) is 124 Å². The Morgan fingerprint density at radius 3 is 1.91 bits per heavy atom. The standard InChI is InChI=1S/C35H28I2N2O5/c1-2-4-18-5-3-6-24(31(18)40)28-23-15-16-25-29(34(43)38(32(25)41)21-11-7-19(36)8-12-21)26(23)17-27-30(28)35(44)39(33(27)42)22-13-9-20(37)10-14-22/h2-3,5-15,25-30,40H,1,4,16-17H2/t25-,26+,27+,28+,29-,30+/m0/s1. The first-order valence-corrected chi connectivity index (χ1v) is 16.7. The second-order valence-corrected chi connectivity index (χ2v) is 14.3. The van der Waals surface area contributed by atoms with Crippen molar-refractivity contribution in [1.29, 1.82) is 0 Å². The SMILES string of the molecule is C=CCc1cccc([C@H]2C3=CC[C@@H]4C(=O)N(c5ccc(I)cc5)C(=O)[C@@H]4[C@@H]3C[C@H]3C(=O)N(c4ccc(I)cc4)C(=O)[C@@H]23)c1O. The fraction of sp³-hybridized carbons (Fsp3) is 0.257. The summed E-state index contributed by atoms with van der Waals surface area (Å²) in [6.07, 6.45) is 4.78. The highest BCUT2D eigenvalue weighted by atomic mass is 127. The molecule has 6 atom stereocenters. The van der Waals surface area contributed by atoms with Crippen molar-refractivity contribution in [2.24, 2.45) is 29.6 Å². The van der Waals surface area contributed by atoms with E-state index in [1.165, 1.54) is 9.80 Å². The van der Waals surface area contributed by atoms with Crippen molar-refractivity contribution < 1.29 is 24.3 Å². The Morgan fingerprint density at radius 2 is 1.32 bits per heavy atom. The molecule has 7 nitrogen and oxygen atoms in total. The summed E-state index contributed by atoms with van der Waals surface area (Å²) in [7, 11) is 0. The van der Waals surface area contributed by atoms with Gasteiger partial charge in [-0.3, -0.25) is 29.0 Å². The minimum atomic E-state index is -0.745. The number of carbonyl (C=O) groups is 4. The molecule has 0 radical (unpaired) electrons. The predicted molar refractivity (Wildman–Crippen MR) is 183 cm³/mol. The quantitative estimate of drug-likeness (QED) is 0.184. The lowest BCUT2D eigenvalue weighted by Gasteiger charge is -2.44. The van der Waals surface area contributed by atoms with Gasteiger partial charge in [-0.25, -0.2) is 0 Å². The maximum Gasteiger partial charge on any atom is 0.238 e. The summed E-state index contributed by atoms with van der Waals surface area (Å²) in [4.78, 5) is 58.9. The summed E-state index contributed by atoms with van der Waals surface area (Å²) < 4.78 is 1.97. The number of anilines is 2. The van der Waals surface area contributed by atoms with Crippen LogP contribution in [-0.4, -0.2) is 28.7 Å². The molecular weight excluding hydrogens is 782 g/mol. The van der Waals surface area contributed by atoms with Crippen molar-refractivity contribution in [3.63, 3.8) is 0 Å².